The average Bonchev–Trinajstić information content (AvgIpc) is 2.94. The van der Waals surface area contributed by atoms with Crippen molar-refractivity contribution < 1.29 is 19.4 Å². The van der Waals surface area contributed by atoms with Gasteiger partial charge in [0.05, 0.1) is 17.4 Å². The molecule has 3 aromatic rings. The first-order valence-corrected chi connectivity index (χ1v) is 10.7. The van der Waals surface area contributed by atoms with E-state index < -0.39 is 0 Å². The summed E-state index contributed by atoms with van der Waals surface area (Å²) in [6.45, 7) is 2.21. The molecule has 5 nitrogen and oxygen atoms in total. The molecule has 0 aromatic heterocycles. The second-order valence-electron chi connectivity index (χ2n) is 7.75. The van der Waals surface area contributed by atoms with Crippen molar-refractivity contribution in [1.82, 2.24) is 0 Å². The SMILES string of the molecule is CO[C@H](c1ccc(N2C(=O)c3ccccc3Oc3ccccc32)cc1)[C@H](C)/C=C/CCO. The number of ether oxygens (including phenoxy) is 2. The molecule has 1 amide bonds. The van der Waals surface area contributed by atoms with Gasteiger partial charge in [0, 0.05) is 25.3 Å². The second-order valence-corrected chi connectivity index (χ2v) is 7.75. The lowest BCUT2D eigenvalue weighted by atomic mass is 9.96. The molecule has 2 atom stereocenters. The molecule has 4 rings (SSSR count). The fourth-order valence-corrected chi connectivity index (χ4v) is 4.02. The lowest BCUT2D eigenvalue weighted by Crippen LogP contribution is -2.25. The summed E-state index contributed by atoms with van der Waals surface area (Å²) in [6.07, 6.45) is 4.52. The van der Waals surface area contributed by atoms with Crippen molar-refractivity contribution >= 4 is 17.3 Å². The molecule has 0 spiro atoms. The number of rotatable bonds is 7. The molecule has 0 saturated carbocycles. The Kier molecular flexibility index (Phi) is 6.69. The third kappa shape index (κ3) is 4.31. The van der Waals surface area contributed by atoms with Gasteiger partial charge in [-0.3, -0.25) is 9.69 Å². The lowest BCUT2D eigenvalue weighted by molar-refractivity contribution is 0.0740. The van der Waals surface area contributed by atoms with Crippen LogP contribution in [-0.2, 0) is 4.74 Å². The molecule has 1 N–H and O–H groups in total. The van der Waals surface area contributed by atoms with Gasteiger partial charge in [0.1, 0.15) is 5.75 Å². The Morgan fingerprint density at radius 3 is 2.41 bits per heavy atom. The minimum atomic E-state index is -0.137. The number of hydrogen-bond acceptors (Lipinski definition) is 4. The third-order valence-electron chi connectivity index (χ3n) is 5.59. The summed E-state index contributed by atoms with van der Waals surface area (Å²) in [5.74, 6) is 1.18. The average molecular weight is 430 g/mol. The lowest BCUT2D eigenvalue weighted by Gasteiger charge is -2.24. The number of para-hydroxylation sites is 3. The van der Waals surface area contributed by atoms with Gasteiger partial charge in [0.15, 0.2) is 5.75 Å². The zero-order chi connectivity index (χ0) is 22.5. The van der Waals surface area contributed by atoms with Gasteiger partial charge in [-0.15, -0.1) is 0 Å². The fraction of sp³-hybridized carbons (Fsp3) is 0.222. The number of amides is 1. The van der Waals surface area contributed by atoms with Crippen molar-refractivity contribution in [3.8, 4) is 11.5 Å². The molecule has 3 aromatic carbocycles. The molecule has 164 valence electrons. The van der Waals surface area contributed by atoms with Crippen LogP contribution in [0.25, 0.3) is 0 Å². The van der Waals surface area contributed by atoms with E-state index >= 15 is 0 Å². The highest BCUT2D eigenvalue weighted by atomic mass is 16.5. The molecule has 1 aliphatic rings. The normalized spacial score (nSPS) is 15.0. The first-order valence-electron chi connectivity index (χ1n) is 10.7. The van der Waals surface area contributed by atoms with Crippen molar-refractivity contribution in [2.24, 2.45) is 5.92 Å². The van der Waals surface area contributed by atoms with E-state index in [0.29, 0.717) is 29.2 Å². The van der Waals surface area contributed by atoms with E-state index in [4.69, 9.17) is 14.6 Å². The van der Waals surface area contributed by atoms with Gasteiger partial charge in [-0.1, -0.05) is 55.5 Å². The van der Waals surface area contributed by atoms with Gasteiger partial charge < -0.3 is 14.6 Å². The molecule has 0 saturated heterocycles. The van der Waals surface area contributed by atoms with Crippen LogP contribution in [0.5, 0.6) is 11.5 Å². The molecule has 0 radical (unpaired) electrons. The van der Waals surface area contributed by atoms with Gasteiger partial charge >= 0.3 is 0 Å². The number of hydrogen-bond donors (Lipinski definition) is 1. The molecule has 1 heterocycles. The van der Waals surface area contributed by atoms with E-state index in [-0.39, 0.29) is 24.5 Å². The van der Waals surface area contributed by atoms with E-state index in [1.54, 1.807) is 18.1 Å². The van der Waals surface area contributed by atoms with Crippen LogP contribution < -0.4 is 9.64 Å². The predicted molar refractivity (Wildman–Crippen MR) is 126 cm³/mol. The van der Waals surface area contributed by atoms with Gasteiger partial charge in [0.2, 0.25) is 0 Å². The Morgan fingerprint density at radius 2 is 1.69 bits per heavy atom. The number of nitrogens with zero attached hydrogens (tertiary/aromatic N) is 1. The fourth-order valence-electron chi connectivity index (χ4n) is 4.02. The summed E-state index contributed by atoms with van der Waals surface area (Å²) >= 11 is 0. The van der Waals surface area contributed by atoms with E-state index in [2.05, 4.69) is 13.0 Å². The van der Waals surface area contributed by atoms with E-state index in [1.807, 2.05) is 72.8 Å². The van der Waals surface area contributed by atoms with E-state index in [1.165, 1.54) is 0 Å². The summed E-state index contributed by atoms with van der Waals surface area (Å²) in [5.41, 5.74) is 2.99. The highest BCUT2D eigenvalue weighted by molar-refractivity contribution is 6.14. The maximum atomic E-state index is 13.5. The number of fused-ring (bicyclic) bond motifs is 2. The highest BCUT2D eigenvalue weighted by Crippen LogP contribution is 2.42. The van der Waals surface area contributed by atoms with Crippen LogP contribution in [0.3, 0.4) is 0 Å². The molecule has 0 unspecified atom stereocenters. The first-order chi connectivity index (χ1) is 15.6. The van der Waals surface area contributed by atoms with E-state index in [9.17, 15) is 4.79 Å². The van der Waals surface area contributed by atoms with E-state index in [0.717, 1.165) is 11.3 Å². The van der Waals surface area contributed by atoms with Crippen molar-refractivity contribution in [3.63, 3.8) is 0 Å². The molecule has 32 heavy (non-hydrogen) atoms. The quantitative estimate of drug-likeness (QED) is 0.466. The molecule has 5 heteroatoms. The number of carbonyl (C=O) groups is 1. The number of aliphatic hydroxyl groups excluding tert-OH is 1. The summed E-state index contributed by atoms with van der Waals surface area (Å²) in [7, 11) is 1.69. The van der Waals surface area contributed by atoms with Crippen LogP contribution >= 0.6 is 0 Å². The Morgan fingerprint density at radius 1 is 1.00 bits per heavy atom. The minimum absolute atomic E-state index is 0.129. The summed E-state index contributed by atoms with van der Waals surface area (Å²) in [5, 5.41) is 9.00. The van der Waals surface area contributed by atoms with Crippen LogP contribution in [0, 0.1) is 5.92 Å². The Hall–Kier alpha value is -3.41. The van der Waals surface area contributed by atoms with Crippen molar-refractivity contribution in [1.29, 1.82) is 0 Å². The number of carbonyl (C=O) groups excluding carboxylic acids is 1. The van der Waals surface area contributed by atoms with Gasteiger partial charge in [-0.25, -0.2) is 0 Å². The van der Waals surface area contributed by atoms with Crippen LogP contribution in [-0.4, -0.2) is 24.7 Å². The maximum absolute atomic E-state index is 13.5. The van der Waals surface area contributed by atoms with Gasteiger partial charge in [0.25, 0.3) is 5.91 Å². The molecule has 0 fully saturated rings. The standard InChI is InChI=1S/C27H27NO4/c1-19(9-7-8-18-29)26(31-2)20-14-16-21(17-15-20)28-23-11-4-6-13-25(23)32-24-12-5-3-10-22(24)27(28)30/h3-7,9-17,19,26,29H,8,18H2,1-2H3/b9-7+/t19-,26+/m1/s1. The Bertz CT molecular complexity index is 1110. The number of benzene rings is 3. The molecule has 0 bridgehead atoms. The number of methoxy groups -OCH3 is 1. The van der Waals surface area contributed by atoms with Crippen molar-refractivity contribution in [2.45, 2.75) is 19.4 Å². The smallest absolute Gasteiger partial charge is 0.266 e. The Balaban J connectivity index is 1.69. The number of aliphatic hydroxyl groups is 1. The first kappa shape index (κ1) is 21.8. The monoisotopic (exact) mass is 429 g/mol. The largest absolute Gasteiger partial charge is 0.454 e. The van der Waals surface area contributed by atoms with Crippen molar-refractivity contribution in [3.05, 3.63) is 96.1 Å². The van der Waals surface area contributed by atoms with Crippen molar-refractivity contribution in [2.75, 3.05) is 18.6 Å². The molecule has 1 aliphatic heterocycles. The summed E-state index contributed by atoms with van der Waals surface area (Å²) in [6, 6.07) is 22.7. The third-order valence-corrected chi connectivity index (χ3v) is 5.59. The highest BCUT2D eigenvalue weighted by Gasteiger charge is 2.29. The maximum Gasteiger partial charge on any atom is 0.266 e. The van der Waals surface area contributed by atoms with Crippen LogP contribution in [0.4, 0.5) is 11.4 Å². The zero-order valence-corrected chi connectivity index (χ0v) is 18.3. The van der Waals surface area contributed by atoms with Gasteiger partial charge in [-0.05, 0) is 48.4 Å². The van der Waals surface area contributed by atoms with Crippen LogP contribution in [0.1, 0.15) is 35.4 Å². The molecular weight excluding hydrogens is 402 g/mol. The van der Waals surface area contributed by atoms with Gasteiger partial charge in [-0.2, -0.15) is 0 Å². The summed E-state index contributed by atoms with van der Waals surface area (Å²) in [4.78, 5) is 15.2. The Labute approximate surface area is 188 Å². The second kappa shape index (κ2) is 9.81. The zero-order valence-electron chi connectivity index (χ0n) is 18.3. The molecule has 0 aliphatic carbocycles. The topological polar surface area (TPSA) is 59.0 Å². The minimum Gasteiger partial charge on any atom is -0.454 e. The predicted octanol–water partition coefficient (Wildman–Crippen LogP) is 6.03. The van der Waals surface area contributed by atoms with Crippen LogP contribution in [0.2, 0.25) is 0 Å². The molecular formula is C27H27NO4. The summed E-state index contributed by atoms with van der Waals surface area (Å²) < 4.78 is 11.8. The van der Waals surface area contributed by atoms with Crippen LogP contribution in [0.15, 0.2) is 84.9 Å². The number of anilines is 2.